The molecule has 0 aliphatic rings. The van der Waals surface area contributed by atoms with Gasteiger partial charge in [-0.2, -0.15) is 22.8 Å². The van der Waals surface area contributed by atoms with E-state index in [0.717, 1.165) is 12.1 Å². The van der Waals surface area contributed by atoms with E-state index in [0.29, 0.717) is 0 Å². The summed E-state index contributed by atoms with van der Waals surface area (Å²) in [5.74, 6) is -7.28. The first-order valence-corrected chi connectivity index (χ1v) is 14.1. The average molecular weight is 567 g/mol. The van der Waals surface area contributed by atoms with E-state index in [1.54, 1.807) is 6.07 Å². The normalized spacial score (nSPS) is 11.9. The van der Waals surface area contributed by atoms with Gasteiger partial charge in [0.15, 0.2) is 19.7 Å². The molecule has 0 heterocycles. The number of carbonyl (C=O) groups is 1. The van der Waals surface area contributed by atoms with Gasteiger partial charge in [0.2, 0.25) is 5.91 Å². The smallest absolute Gasteiger partial charge is 0.387 e. The molecule has 0 atom stereocenters. The molecule has 37 heavy (non-hydrogen) atoms. The van der Waals surface area contributed by atoms with Crippen LogP contribution in [0.15, 0.2) is 48.5 Å². The number of alkyl halides is 4. The summed E-state index contributed by atoms with van der Waals surface area (Å²) in [6.07, 6.45) is 0. The zero-order valence-electron chi connectivity index (χ0n) is 19.0. The number of carbonyl (C=O) groups excluding carboxylic acids is 1. The standard InChI is InChI=1S/C22H22F4N2O7S2/c23-21(24)34-18-7-3-1-5-15(18)11-36(30,31)13-17(20(29)28-10-9-27)14-37(32,33)12-16-6-2-4-8-19(16)35-22(25)26/h1-8,17,21-22H,10-14H2,(H,28,29). The molecule has 2 aromatic carbocycles. The third-order valence-electron chi connectivity index (χ3n) is 4.75. The zero-order chi connectivity index (χ0) is 27.6. The van der Waals surface area contributed by atoms with Crippen LogP contribution in [0.5, 0.6) is 11.5 Å². The van der Waals surface area contributed by atoms with E-state index < -0.39 is 85.8 Å². The molecule has 0 radical (unpaired) electrons. The number of nitrogens with one attached hydrogen (secondary N) is 1. The number of ether oxygens (including phenoxy) is 2. The number of amides is 1. The molecule has 0 bridgehead atoms. The number of hydrogen-bond acceptors (Lipinski definition) is 8. The quantitative estimate of drug-likeness (QED) is 0.272. The number of hydrogen-bond donors (Lipinski definition) is 1. The fourth-order valence-electron chi connectivity index (χ4n) is 3.34. The predicted octanol–water partition coefficient (Wildman–Crippen LogP) is 2.68. The summed E-state index contributed by atoms with van der Waals surface area (Å²) in [5, 5.41) is 10.8. The average Bonchev–Trinajstić information content (AvgIpc) is 2.78. The maximum absolute atomic E-state index is 12.9. The van der Waals surface area contributed by atoms with E-state index in [4.69, 9.17) is 5.26 Å². The van der Waals surface area contributed by atoms with E-state index in [1.165, 1.54) is 36.4 Å². The number of halogens is 4. The van der Waals surface area contributed by atoms with Crippen LogP contribution in [0.2, 0.25) is 0 Å². The number of nitrogens with zero attached hydrogens (tertiary/aromatic N) is 1. The van der Waals surface area contributed by atoms with E-state index in [2.05, 4.69) is 14.8 Å². The van der Waals surface area contributed by atoms with Crippen molar-refractivity contribution in [3.8, 4) is 17.6 Å². The number of nitriles is 1. The topological polar surface area (TPSA) is 140 Å². The molecule has 0 aliphatic carbocycles. The van der Waals surface area contributed by atoms with Crippen molar-refractivity contribution in [2.75, 3.05) is 18.1 Å². The Balaban J connectivity index is 2.28. The van der Waals surface area contributed by atoms with E-state index in [1.807, 2.05) is 0 Å². The third-order valence-corrected chi connectivity index (χ3v) is 8.07. The Morgan fingerprint density at radius 3 is 1.59 bits per heavy atom. The van der Waals surface area contributed by atoms with Gasteiger partial charge in [-0.05, 0) is 12.1 Å². The maximum Gasteiger partial charge on any atom is 0.387 e. The molecule has 2 aromatic rings. The molecule has 9 nitrogen and oxygen atoms in total. The molecular weight excluding hydrogens is 544 g/mol. The summed E-state index contributed by atoms with van der Waals surface area (Å²) in [5.41, 5.74) is -0.278. The maximum atomic E-state index is 12.9. The summed E-state index contributed by atoms with van der Waals surface area (Å²) in [6, 6.07) is 11.7. The van der Waals surface area contributed by atoms with Crippen LogP contribution in [0.1, 0.15) is 11.1 Å². The SMILES string of the molecule is N#CCNC(=O)C(CS(=O)(=O)Cc1ccccc1OC(F)F)CS(=O)(=O)Cc1ccccc1OC(F)F. The summed E-state index contributed by atoms with van der Waals surface area (Å²) in [6.45, 7) is -6.99. The van der Waals surface area contributed by atoms with E-state index in [-0.39, 0.29) is 11.1 Å². The number of sulfone groups is 2. The molecule has 15 heteroatoms. The highest BCUT2D eigenvalue weighted by molar-refractivity contribution is 7.91. The first kappa shape index (κ1) is 29.8. The first-order valence-electron chi connectivity index (χ1n) is 10.4. The molecule has 0 unspecified atom stereocenters. The van der Waals surface area contributed by atoms with Crippen LogP contribution in [0, 0.1) is 17.2 Å². The second-order valence-corrected chi connectivity index (χ2v) is 11.9. The monoisotopic (exact) mass is 566 g/mol. The van der Waals surface area contributed by atoms with Gasteiger partial charge >= 0.3 is 13.2 Å². The van der Waals surface area contributed by atoms with Gasteiger partial charge in [0.05, 0.1) is 35.0 Å². The zero-order valence-corrected chi connectivity index (χ0v) is 20.7. The molecule has 0 saturated heterocycles. The van der Waals surface area contributed by atoms with Crippen LogP contribution in [0.25, 0.3) is 0 Å². The minimum Gasteiger partial charge on any atom is -0.435 e. The van der Waals surface area contributed by atoms with Crippen LogP contribution in [0.4, 0.5) is 17.6 Å². The van der Waals surface area contributed by atoms with E-state index >= 15 is 0 Å². The Labute approximate surface area is 210 Å². The van der Waals surface area contributed by atoms with Crippen molar-refractivity contribution in [1.29, 1.82) is 5.26 Å². The van der Waals surface area contributed by atoms with Crippen molar-refractivity contribution in [1.82, 2.24) is 5.32 Å². The highest BCUT2D eigenvalue weighted by Gasteiger charge is 2.32. The van der Waals surface area contributed by atoms with Gasteiger partial charge in [0, 0.05) is 11.1 Å². The van der Waals surface area contributed by atoms with Crippen molar-refractivity contribution in [3.63, 3.8) is 0 Å². The minimum absolute atomic E-state index is 0.139. The van der Waals surface area contributed by atoms with Crippen LogP contribution in [-0.4, -0.2) is 54.0 Å². The summed E-state index contributed by atoms with van der Waals surface area (Å²) in [4.78, 5) is 12.5. The lowest BCUT2D eigenvalue weighted by Crippen LogP contribution is -2.39. The summed E-state index contributed by atoms with van der Waals surface area (Å²) in [7, 11) is -8.58. The van der Waals surface area contributed by atoms with Crippen LogP contribution >= 0.6 is 0 Å². The van der Waals surface area contributed by atoms with Gasteiger partial charge < -0.3 is 14.8 Å². The van der Waals surface area contributed by atoms with Crippen molar-refractivity contribution in [2.24, 2.45) is 5.92 Å². The first-order chi connectivity index (χ1) is 17.3. The van der Waals surface area contributed by atoms with Gasteiger partial charge in [0.25, 0.3) is 0 Å². The lowest BCUT2D eigenvalue weighted by molar-refractivity contribution is -0.123. The lowest BCUT2D eigenvalue weighted by Gasteiger charge is -2.18. The van der Waals surface area contributed by atoms with Crippen LogP contribution < -0.4 is 14.8 Å². The molecule has 202 valence electrons. The van der Waals surface area contributed by atoms with Gasteiger partial charge in [-0.15, -0.1) is 0 Å². The van der Waals surface area contributed by atoms with Crippen molar-refractivity contribution in [2.45, 2.75) is 24.7 Å². The highest BCUT2D eigenvalue weighted by Crippen LogP contribution is 2.26. The van der Waals surface area contributed by atoms with E-state index in [9.17, 15) is 39.2 Å². The molecule has 0 fully saturated rings. The molecule has 0 aliphatic heterocycles. The molecule has 0 spiro atoms. The lowest BCUT2D eigenvalue weighted by atomic mass is 10.2. The van der Waals surface area contributed by atoms with Crippen LogP contribution in [-0.2, 0) is 36.0 Å². The fourth-order valence-corrected chi connectivity index (χ4v) is 6.92. The number of benzene rings is 2. The summed E-state index contributed by atoms with van der Waals surface area (Å²) >= 11 is 0. The molecule has 1 N–H and O–H groups in total. The van der Waals surface area contributed by atoms with Crippen molar-refractivity contribution >= 4 is 25.6 Å². The Kier molecular flexibility index (Phi) is 10.7. The Morgan fingerprint density at radius 1 is 0.811 bits per heavy atom. The van der Waals surface area contributed by atoms with Gasteiger partial charge in [-0.1, -0.05) is 36.4 Å². The van der Waals surface area contributed by atoms with Crippen LogP contribution in [0.3, 0.4) is 0 Å². The predicted molar refractivity (Wildman–Crippen MR) is 123 cm³/mol. The fraction of sp³-hybridized carbons (Fsp3) is 0.364. The molecule has 0 aromatic heterocycles. The van der Waals surface area contributed by atoms with Crippen molar-refractivity contribution in [3.05, 3.63) is 59.7 Å². The third kappa shape index (κ3) is 10.3. The Bertz CT molecular complexity index is 1240. The second-order valence-electron chi connectivity index (χ2n) is 7.65. The second kappa shape index (κ2) is 13.2. The number of para-hydroxylation sites is 2. The molecule has 1 amide bonds. The van der Waals surface area contributed by atoms with Gasteiger partial charge in [0.1, 0.15) is 18.0 Å². The largest absolute Gasteiger partial charge is 0.435 e. The summed E-state index contributed by atoms with van der Waals surface area (Å²) < 4.78 is 111. The van der Waals surface area contributed by atoms with Gasteiger partial charge in [-0.3, -0.25) is 4.79 Å². The molecule has 0 saturated carbocycles. The Hall–Kier alpha value is -3.38. The number of rotatable bonds is 14. The van der Waals surface area contributed by atoms with Crippen molar-refractivity contribution < 1.29 is 48.7 Å². The Morgan fingerprint density at radius 2 is 1.22 bits per heavy atom. The molecule has 2 rings (SSSR count). The van der Waals surface area contributed by atoms with Gasteiger partial charge in [-0.25, -0.2) is 16.8 Å². The minimum atomic E-state index is -4.29. The molecular formula is C22H22F4N2O7S2. The highest BCUT2D eigenvalue weighted by atomic mass is 32.2.